The Kier molecular flexibility index (Phi) is 2.15. The van der Waals surface area contributed by atoms with Gasteiger partial charge in [0.1, 0.15) is 5.76 Å². The van der Waals surface area contributed by atoms with Gasteiger partial charge < -0.3 is 15.9 Å². The van der Waals surface area contributed by atoms with Crippen LogP contribution < -0.4 is 11.5 Å². The van der Waals surface area contributed by atoms with E-state index in [0.29, 0.717) is 6.54 Å². The van der Waals surface area contributed by atoms with Gasteiger partial charge in [0, 0.05) is 5.56 Å². The summed E-state index contributed by atoms with van der Waals surface area (Å²) in [6, 6.07) is 1.85. The van der Waals surface area contributed by atoms with Crippen LogP contribution in [-0.4, -0.2) is 5.96 Å². The standard InChI is InChI=1S/C7H11N3O/c1-5-6(2-3-11-5)4-10-7(8)9/h2-3H,4H2,1H3,(H4,8,9,10). The van der Waals surface area contributed by atoms with E-state index in [-0.39, 0.29) is 5.96 Å². The van der Waals surface area contributed by atoms with E-state index in [4.69, 9.17) is 15.9 Å². The fourth-order valence-corrected chi connectivity index (χ4v) is 0.752. The number of guanidine groups is 1. The molecule has 1 aromatic rings. The van der Waals surface area contributed by atoms with Gasteiger partial charge in [-0.15, -0.1) is 0 Å². The number of nitrogens with two attached hydrogens (primary N) is 2. The third-order valence-corrected chi connectivity index (χ3v) is 1.40. The van der Waals surface area contributed by atoms with E-state index >= 15 is 0 Å². The number of aryl methyl sites for hydroxylation is 1. The van der Waals surface area contributed by atoms with Gasteiger partial charge in [0.15, 0.2) is 5.96 Å². The van der Waals surface area contributed by atoms with Crippen LogP contribution in [0.4, 0.5) is 0 Å². The molecule has 4 heteroatoms. The number of hydrogen-bond donors (Lipinski definition) is 2. The maximum Gasteiger partial charge on any atom is 0.186 e. The van der Waals surface area contributed by atoms with Gasteiger partial charge in [-0.3, -0.25) is 0 Å². The number of nitrogens with zero attached hydrogens (tertiary/aromatic N) is 1. The van der Waals surface area contributed by atoms with Gasteiger partial charge in [0.05, 0.1) is 12.8 Å². The molecule has 60 valence electrons. The highest BCUT2D eigenvalue weighted by atomic mass is 16.3. The Hall–Kier alpha value is -1.45. The Morgan fingerprint density at radius 3 is 2.82 bits per heavy atom. The summed E-state index contributed by atoms with van der Waals surface area (Å²) in [6.45, 7) is 2.36. The number of aliphatic imine (C=N–C) groups is 1. The fourth-order valence-electron chi connectivity index (χ4n) is 0.752. The van der Waals surface area contributed by atoms with Crippen molar-refractivity contribution in [2.75, 3.05) is 0 Å². The van der Waals surface area contributed by atoms with E-state index in [0.717, 1.165) is 11.3 Å². The summed E-state index contributed by atoms with van der Waals surface area (Å²) in [4.78, 5) is 3.84. The normalized spacial score (nSPS) is 9.55. The molecule has 0 aliphatic heterocycles. The van der Waals surface area contributed by atoms with Crippen LogP contribution >= 0.6 is 0 Å². The molecule has 1 aromatic heterocycles. The van der Waals surface area contributed by atoms with Crippen LogP contribution in [0.1, 0.15) is 11.3 Å². The molecule has 0 aromatic carbocycles. The van der Waals surface area contributed by atoms with Gasteiger partial charge in [-0.1, -0.05) is 0 Å². The maximum absolute atomic E-state index is 5.16. The maximum atomic E-state index is 5.16. The van der Waals surface area contributed by atoms with Crippen molar-refractivity contribution in [1.82, 2.24) is 0 Å². The molecule has 0 amide bonds. The molecule has 0 aliphatic carbocycles. The van der Waals surface area contributed by atoms with Crippen molar-refractivity contribution in [1.29, 1.82) is 0 Å². The van der Waals surface area contributed by atoms with Crippen LogP contribution in [0.2, 0.25) is 0 Å². The highest BCUT2D eigenvalue weighted by molar-refractivity contribution is 5.75. The second kappa shape index (κ2) is 3.09. The van der Waals surface area contributed by atoms with Crippen molar-refractivity contribution in [2.45, 2.75) is 13.5 Å². The molecule has 0 fully saturated rings. The molecule has 0 saturated heterocycles. The highest BCUT2D eigenvalue weighted by Crippen LogP contribution is 2.09. The van der Waals surface area contributed by atoms with Crippen molar-refractivity contribution < 1.29 is 4.42 Å². The lowest BCUT2D eigenvalue weighted by Crippen LogP contribution is -2.22. The third-order valence-electron chi connectivity index (χ3n) is 1.40. The van der Waals surface area contributed by atoms with Crippen molar-refractivity contribution in [3.05, 3.63) is 23.7 Å². The van der Waals surface area contributed by atoms with E-state index in [1.54, 1.807) is 6.26 Å². The summed E-state index contributed by atoms with van der Waals surface area (Å²) in [5, 5.41) is 0. The summed E-state index contributed by atoms with van der Waals surface area (Å²) in [5.74, 6) is 0.959. The molecule has 0 saturated carbocycles. The monoisotopic (exact) mass is 153 g/mol. The molecule has 0 radical (unpaired) electrons. The number of furan rings is 1. The second-order valence-electron chi connectivity index (χ2n) is 2.24. The van der Waals surface area contributed by atoms with Crippen molar-refractivity contribution >= 4 is 5.96 Å². The zero-order valence-corrected chi connectivity index (χ0v) is 6.37. The predicted octanol–water partition coefficient (Wildman–Crippen LogP) is 0.361. The number of hydrogen-bond acceptors (Lipinski definition) is 2. The summed E-state index contributed by atoms with van der Waals surface area (Å²) < 4.78 is 5.05. The molecule has 1 rings (SSSR count). The first-order chi connectivity index (χ1) is 5.20. The van der Waals surface area contributed by atoms with E-state index < -0.39 is 0 Å². The predicted molar refractivity (Wildman–Crippen MR) is 43.0 cm³/mol. The van der Waals surface area contributed by atoms with Crippen LogP contribution in [0.5, 0.6) is 0 Å². The van der Waals surface area contributed by atoms with Gasteiger partial charge in [-0.2, -0.15) is 0 Å². The smallest absolute Gasteiger partial charge is 0.186 e. The average molecular weight is 153 g/mol. The van der Waals surface area contributed by atoms with E-state index in [2.05, 4.69) is 4.99 Å². The Balaban J connectivity index is 2.65. The molecule has 0 atom stereocenters. The van der Waals surface area contributed by atoms with Crippen LogP contribution in [0.25, 0.3) is 0 Å². The minimum atomic E-state index is 0.102. The first-order valence-electron chi connectivity index (χ1n) is 3.28. The van der Waals surface area contributed by atoms with Crippen molar-refractivity contribution in [2.24, 2.45) is 16.5 Å². The fraction of sp³-hybridized carbons (Fsp3) is 0.286. The molecular weight excluding hydrogens is 142 g/mol. The second-order valence-corrected chi connectivity index (χ2v) is 2.24. The average Bonchev–Trinajstić information content (AvgIpc) is 2.31. The van der Waals surface area contributed by atoms with Crippen LogP contribution in [0, 0.1) is 6.92 Å². The first-order valence-corrected chi connectivity index (χ1v) is 3.28. The van der Waals surface area contributed by atoms with Gasteiger partial charge in [-0.25, -0.2) is 4.99 Å². The molecular formula is C7H11N3O. The molecule has 1 heterocycles. The molecule has 0 bridgehead atoms. The van der Waals surface area contributed by atoms with E-state index in [1.807, 2.05) is 13.0 Å². The molecule has 0 aliphatic rings. The molecule has 0 spiro atoms. The van der Waals surface area contributed by atoms with Crippen LogP contribution in [-0.2, 0) is 6.54 Å². The third kappa shape index (κ3) is 2.00. The topological polar surface area (TPSA) is 77.5 Å². The molecule has 4 N–H and O–H groups in total. The molecule has 11 heavy (non-hydrogen) atoms. The van der Waals surface area contributed by atoms with Crippen LogP contribution in [0.3, 0.4) is 0 Å². The Morgan fingerprint density at radius 1 is 1.64 bits per heavy atom. The van der Waals surface area contributed by atoms with Gasteiger partial charge in [0.2, 0.25) is 0 Å². The van der Waals surface area contributed by atoms with Gasteiger partial charge in [-0.05, 0) is 13.0 Å². The van der Waals surface area contributed by atoms with Gasteiger partial charge >= 0.3 is 0 Å². The van der Waals surface area contributed by atoms with Crippen molar-refractivity contribution in [3.8, 4) is 0 Å². The lowest BCUT2D eigenvalue weighted by atomic mass is 10.3. The quantitative estimate of drug-likeness (QED) is 0.475. The highest BCUT2D eigenvalue weighted by Gasteiger charge is 1.98. The van der Waals surface area contributed by atoms with E-state index in [9.17, 15) is 0 Å². The summed E-state index contributed by atoms with van der Waals surface area (Å²) >= 11 is 0. The zero-order valence-electron chi connectivity index (χ0n) is 6.37. The van der Waals surface area contributed by atoms with E-state index in [1.165, 1.54) is 0 Å². The molecule has 0 unspecified atom stereocenters. The van der Waals surface area contributed by atoms with Crippen LogP contribution in [0.15, 0.2) is 21.7 Å². The summed E-state index contributed by atoms with van der Waals surface area (Å²) in [5.41, 5.74) is 11.3. The summed E-state index contributed by atoms with van der Waals surface area (Å²) in [6.07, 6.45) is 1.62. The minimum Gasteiger partial charge on any atom is -0.469 e. The zero-order chi connectivity index (χ0) is 8.27. The Labute approximate surface area is 64.9 Å². The summed E-state index contributed by atoms with van der Waals surface area (Å²) in [7, 11) is 0. The van der Waals surface area contributed by atoms with Gasteiger partial charge in [0.25, 0.3) is 0 Å². The largest absolute Gasteiger partial charge is 0.469 e. The minimum absolute atomic E-state index is 0.102. The lowest BCUT2D eigenvalue weighted by Gasteiger charge is -1.92. The first kappa shape index (κ1) is 7.65. The number of rotatable bonds is 2. The Bertz CT molecular complexity index is 260. The Morgan fingerprint density at radius 2 is 2.36 bits per heavy atom. The van der Waals surface area contributed by atoms with Crippen molar-refractivity contribution in [3.63, 3.8) is 0 Å². The molecule has 4 nitrogen and oxygen atoms in total. The lowest BCUT2D eigenvalue weighted by molar-refractivity contribution is 0.530. The SMILES string of the molecule is Cc1occc1CN=C(N)N.